The molecule has 0 aromatic rings. The quantitative estimate of drug-likeness (QED) is 0.776. The summed E-state index contributed by atoms with van der Waals surface area (Å²) < 4.78 is 0. The summed E-state index contributed by atoms with van der Waals surface area (Å²) in [7, 11) is 4.07. The first-order chi connectivity index (χ1) is 8.03. The molecule has 1 aliphatic carbocycles. The first-order valence-corrected chi connectivity index (χ1v) is 6.78. The van der Waals surface area contributed by atoms with Crippen LogP contribution in [0.4, 0.5) is 0 Å². The number of likely N-dealkylation sites (N-methyl/N-ethyl adjacent to an activating group) is 1. The van der Waals surface area contributed by atoms with Gasteiger partial charge >= 0.3 is 0 Å². The highest BCUT2D eigenvalue weighted by molar-refractivity contribution is 5.86. The maximum absolute atomic E-state index is 12.4. The Bertz CT molecular complexity index is 278. The van der Waals surface area contributed by atoms with Gasteiger partial charge in [-0.05, 0) is 45.8 Å². The molecule has 2 rings (SSSR count). The SMILES string of the molecule is CN1CCC(N(C)C(=O)C2(N)CCCC2)CC1. The van der Waals surface area contributed by atoms with Gasteiger partial charge in [0.1, 0.15) is 0 Å². The Morgan fingerprint density at radius 3 is 2.35 bits per heavy atom. The first-order valence-electron chi connectivity index (χ1n) is 6.78. The van der Waals surface area contributed by atoms with E-state index in [1.807, 2.05) is 11.9 Å². The van der Waals surface area contributed by atoms with E-state index >= 15 is 0 Å². The number of amides is 1. The molecule has 98 valence electrons. The first kappa shape index (κ1) is 12.8. The minimum Gasteiger partial charge on any atom is -0.341 e. The van der Waals surface area contributed by atoms with Gasteiger partial charge in [-0.15, -0.1) is 0 Å². The van der Waals surface area contributed by atoms with Gasteiger partial charge in [-0.25, -0.2) is 0 Å². The lowest BCUT2D eigenvalue weighted by Gasteiger charge is -2.38. The smallest absolute Gasteiger partial charge is 0.242 e. The number of hydrogen-bond donors (Lipinski definition) is 1. The van der Waals surface area contributed by atoms with Gasteiger partial charge in [0.05, 0.1) is 5.54 Å². The summed E-state index contributed by atoms with van der Waals surface area (Å²) in [5, 5.41) is 0. The zero-order valence-corrected chi connectivity index (χ0v) is 11.1. The Hall–Kier alpha value is -0.610. The molecule has 0 radical (unpaired) electrons. The average molecular weight is 239 g/mol. The lowest BCUT2D eigenvalue weighted by atomic mass is 9.95. The summed E-state index contributed by atoms with van der Waals surface area (Å²) in [5.41, 5.74) is 5.68. The van der Waals surface area contributed by atoms with E-state index in [0.717, 1.165) is 51.6 Å². The second kappa shape index (κ2) is 4.94. The summed E-state index contributed by atoms with van der Waals surface area (Å²) >= 11 is 0. The molecule has 1 aliphatic heterocycles. The zero-order valence-electron chi connectivity index (χ0n) is 11.1. The Kier molecular flexibility index (Phi) is 3.73. The van der Waals surface area contributed by atoms with E-state index in [2.05, 4.69) is 11.9 Å². The summed E-state index contributed by atoms with van der Waals surface area (Å²) in [6.45, 7) is 2.17. The fourth-order valence-electron chi connectivity index (χ4n) is 3.12. The van der Waals surface area contributed by atoms with Crippen molar-refractivity contribution >= 4 is 5.91 Å². The average Bonchev–Trinajstić information content (AvgIpc) is 2.76. The zero-order chi connectivity index (χ0) is 12.5. The lowest BCUT2D eigenvalue weighted by Crippen LogP contribution is -2.56. The van der Waals surface area contributed by atoms with Crippen LogP contribution in [0.15, 0.2) is 0 Å². The molecular weight excluding hydrogens is 214 g/mol. The van der Waals surface area contributed by atoms with Gasteiger partial charge in [0.25, 0.3) is 0 Å². The van der Waals surface area contributed by atoms with Crippen molar-refractivity contribution in [1.29, 1.82) is 0 Å². The van der Waals surface area contributed by atoms with Gasteiger partial charge in [-0.2, -0.15) is 0 Å². The fourth-order valence-corrected chi connectivity index (χ4v) is 3.12. The highest BCUT2D eigenvalue weighted by Crippen LogP contribution is 2.30. The van der Waals surface area contributed by atoms with Crippen molar-refractivity contribution in [3.8, 4) is 0 Å². The number of nitrogens with two attached hydrogens (primary N) is 1. The van der Waals surface area contributed by atoms with Crippen LogP contribution in [0.1, 0.15) is 38.5 Å². The second-order valence-electron chi connectivity index (χ2n) is 5.81. The molecule has 2 aliphatic rings. The molecule has 2 fully saturated rings. The summed E-state index contributed by atoms with van der Waals surface area (Å²) in [6, 6.07) is 0.389. The molecular formula is C13H25N3O. The Balaban J connectivity index is 1.95. The number of piperidine rings is 1. The summed E-state index contributed by atoms with van der Waals surface area (Å²) in [4.78, 5) is 16.7. The molecule has 0 aromatic carbocycles. The van der Waals surface area contributed by atoms with Crippen molar-refractivity contribution in [3.05, 3.63) is 0 Å². The molecule has 4 nitrogen and oxygen atoms in total. The molecule has 0 unspecified atom stereocenters. The molecule has 0 aromatic heterocycles. The van der Waals surface area contributed by atoms with E-state index in [0.29, 0.717) is 6.04 Å². The molecule has 1 saturated carbocycles. The molecule has 4 heteroatoms. The highest BCUT2D eigenvalue weighted by Gasteiger charge is 2.40. The summed E-state index contributed by atoms with van der Waals surface area (Å²) in [5.74, 6) is 0.171. The predicted molar refractivity (Wildman–Crippen MR) is 68.7 cm³/mol. The maximum atomic E-state index is 12.4. The third-order valence-electron chi connectivity index (χ3n) is 4.48. The second-order valence-corrected chi connectivity index (χ2v) is 5.81. The molecule has 2 N–H and O–H groups in total. The van der Waals surface area contributed by atoms with Crippen molar-refractivity contribution in [3.63, 3.8) is 0 Å². The van der Waals surface area contributed by atoms with Crippen LogP contribution in [0.2, 0.25) is 0 Å². The van der Waals surface area contributed by atoms with Crippen molar-refractivity contribution in [2.45, 2.75) is 50.1 Å². The van der Waals surface area contributed by atoms with Gasteiger partial charge in [0, 0.05) is 13.1 Å². The molecule has 0 bridgehead atoms. The van der Waals surface area contributed by atoms with Crippen LogP contribution in [-0.2, 0) is 4.79 Å². The van der Waals surface area contributed by atoms with Crippen molar-refractivity contribution in [2.75, 3.05) is 27.2 Å². The molecule has 1 heterocycles. The third kappa shape index (κ3) is 2.63. The Labute approximate surface area is 104 Å². The maximum Gasteiger partial charge on any atom is 0.242 e. The number of hydrogen-bond acceptors (Lipinski definition) is 3. The van der Waals surface area contributed by atoms with Crippen LogP contribution in [0.5, 0.6) is 0 Å². The molecule has 0 atom stereocenters. The molecule has 1 saturated heterocycles. The van der Waals surface area contributed by atoms with Crippen LogP contribution < -0.4 is 5.73 Å². The Morgan fingerprint density at radius 2 is 1.82 bits per heavy atom. The number of carbonyl (C=O) groups is 1. The topological polar surface area (TPSA) is 49.6 Å². The van der Waals surface area contributed by atoms with Crippen LogP contribution in [0.25, 0.3) is 0 Å². The van der Waals surface area contributed by atoms with Crippen molar-refractivity contribution in [1.82, 2.24) is 9.80 Å². The number of carbonyl (C=O) groups excluding carboxylic acids is 1. The van der Waals surface area contributed by atoms with Crippen LogP contribution in [0, 0.1) is 0 Å². The van der Waals surface area contributed by atoms with Gasteiger partial charge < -0.3 is 15.5 Å². The predicted octanol–water partition coefficient (Wildman–Crippen LogP) is 0.811. The number of rotatable bonds is 2. The molecule has 1 amide bonds. The minimum atomic E-state index is -0.557. The fraction of sp³-hybridized carbons (Fsp3) is 0.923. The standard InChI is InChI=1S/C13H25N3O/c1-15-9-5-11(6-10-15)16(2)12(17)13(14)7-3-4-8-13/h11H,3-10,14H2,1-2H3. The number of likely N-dealkylation sites (tertiary alicyclic amines) is 1. The van der Waals surface area contributed by atoms with Crippen molar-refractivity contribution in [2.24, 2.45) is 5.73 Å². The van der Waals surface area contributed by atoms with E-state index in [1.165, 1.54) is 0 Å². The van der Waals surface area contributed by atoms with E-state index < -0.39 is 5.54 Å². The Morgan fingerprint density at radius 1 is 1.29 bits per heavy atom. The van der Waals surface area contributed by atoms with E-state index in [1.54, 1.807) is 0 Å². The molecule has 0 spiro atoms. The van der Waals surface area contributed by atoms with Crippen LogP contribution in [-0.4, -0.2) is 54.5 Å². The van der Waals surface area contributed by atoms with E-state index in [9.17, 15) is 4.79 Å². The van der Waals surface area contributed by atoms with Gasteiger partial charge in [-0.3, -0.25) is 4.79 Å². The summed E-state index contributed by atoms with van der Waals surface area (Å²) in [6.07, 6.45) is 6.09. The van der Waals surface area contributed by atoms with Gasteiger partial charge in [-0.1, -0.05) is 12.8 Å². The van der Waals surface area contributed by atoms with E-state index in [-0.39, 0.29) is 5.91 Å². The van der Waals surface area contributed by atoms with Crippen LogP contribution in [0.3, 0.4) is 0 Å². The molecule has 17 heavy (non-hydrogen) atoms. The lowest BCUT2D eigenvalue weighted by molar-refractivity contribution is -0.138. The van der Waals surface area contributed by atoms with Gasteiger partial charge in [0.15, 0.2) is 0 Å². The van der Waals surface area contributed by atoms with Crippen molar-refractivity contribution < 1.29 is 4.79 Å². The normalized spacial score (nSPS) is 26.1. The van der Waals surface area contributed by atoms with E-state index in [4.69, 9.17) is 5.73 Å². The monoisotopic (exact) mass is 239 g/mol. The number of nitrogens with zero attached hydrogens (tertiary/aromatic N) is 2. The highest BCUT2D eigenvalue weighted by atomic mass is 16.2. The van der Waals surface area contributed by atoms with Gasteiger partial charge in [0.2, 0.25) is 5.91 Å². The van der Waals surface area contributed by atoms with Crippen LogP contribution >= 0.6 is 0 Å². The largest absolute Gasteiger partial charge is 0.341 e. The third-order valence-corrected chi connectivity index (χ3v) is 4.48. The minimum absolute atomic E-state index is 0.171.